The molecule has 1 atom stereocenters. The van der Waals surface area contributed by atoms with Crippen molar-refractivity contribution in [2.75, 3.05) is 17.6 Å². The molecule has 1 saturated heterocycles. The van der Waals surface area contributed by atoms with E-state index in [-0.39, 0.29) is 5.69 Å². The van der Waals surface area contributed by atoms with Gasteiger partial charge >= 0.3 is 0 Å². The van der Waals surface area contributed by atoms with Crippen LogP contribution in [0.4, 0.5) is 15.8 Å². The lowest BCUT2D eigenvalue weighted by Crippen LogP contribution is -2.20. The summed E-state index contributed by atoms with van der Waals surface area (Å²) < 4.78 is 13.0. The number of benzene rings is 1. The van der Waals surface area contributed by atoms with Crippen LogP contribution in [0.1, 0.15) is 19.3 Å². The molecule has 98 valence electrons. The van der Waals surface area contributed by atoms with E-state index in [0.717, 1.165) is 18.2 Å². The number of anilines is 1. The first kappa shape index (κ1) is 13.1. The lowest BCUT2D eigenvalue weighted by atomic mass is 10.2. The quantitative estimate of drug-likeness (QED) is 0.672. The molecule has 1 fully saturated rings. The Morgan fingerprint density at radius 2 is 2.33 bits per heavy atom. The molecular weight excluding hydrogens is 255 g/mol. The highest BCUT2D eigenvalue weighted by atomic mass is 32.2. The third kappa shape index (κ3) is 3.35. The minimum Gasteiger partial charge on any atom is -0.378 e. The van der Waals surface area contributed by atoms with Crippen LogP contribution in [0.3, 0.4) is 0 Å². The van der Waals surface area contributed by atoms with Gasteiger partial charge in [-0.15, -0.1) is 0 Å². The number of hydrogen-bond acceptors (Lipinski definition) is 4. The summed E-state index contributed by atoms with van der Waals surface area (Å²) in [4.78, 5) is 10.3. The Morgan fingerprint density at radius 3 is 3.00 bits per heavy atom. The maximum atomic E-state index is 13.0. The molecule has 1 aromatic rings. The largest absolute Gasteiger partial charge is 0.378 e. The lowest BCUT2D eigenvalue weighted by molar-refractivity contribution is -0.384. The number of nitro benzene ring substituents is 1. The van der Waals surface area contributed by atoms with Gasteiger partial charge in [-0.25, -0.2) is 4.39 Å². The summed E-state index contributed by atoms with van der Waals surface area (Å²) >= 11 is 1.89. The summed E-state index contributed by atoms with van der Waals surface area (Å²) in [6.07, 6.45) is 3.59. The van der Waals surface area contributed by atoms with Gasteiger partial charge in [-0.2, -0.15) is 11.8 Å². The fraction of sp³-hybridized carbons (Fsp3) is 0.500. The van der Waals surface area contributed by atoms with Crippen molar-refractivity contribution in [1.29, 1.82) is 0 Å². The van der Waals surface area contributed by atoms with E-state index in [0.29, 0.717) is 17.5 Å². The zero-order valence-electron chi connectivity index (χ0n) is 9.89. The van der Waals surface area contributed by atoms with Gasteiger partial charge in [0.05, 0.1) is 11.0 Å². The molecule has 1 aliphatic rings. The van der Waals surface area contributed by atoms with E-state index < -0.39 is 10.7 Å². The molecule has 6 heteroatoms. The molecule has 1 N–H and O–H groups in total. The lowest BCUT2D eigenvalue weighted by Gasteiger charge is -2.21. The number of nitro groups is 1. The van der Waals surface area contributed by atoms with Gasteiger partial charge in [0, 0.05) is 11.8 Å². The number of hydrogen-bond donors (Lipinski definition) is 1. The topological polar surface area (TPSA) is 55.2 Å². The Hall–Kier alpha value is -1.30. The highest BCUT2D eigenvalue weighted by Gasteiger charge is 2.18. The summed E-state index contributed by atoms with van der Waals surface area (Å²) in [6, 6.07) is 3.63. The molecule has 1 unspecified atom stereocenters. The fourth-order valence-electron chi connectivity index (χ4n) is 2.00. The Labute approximate surface area is 109 Å². The predicted octanol–water partition coefficient (Wildman–Crippen LogP) is 3.43. The van der Waals surface area contributed by atoms with E-state index in [1.807, 2.05) is 11.8 Å². The maximum Gasteiger partial charge on any atom is 0.295 e. The Bertz CT molecular complexity index is 436. The molecule has 0 spiro atoms. The van der Waals surface area contributed by atoms with E-state index >= 15 is 0 Å². The number of nitrogens with one attached hydrogen (secondary N) is 1. The van der Waals surface area contributed by atoms with Crippen LogP contribution in [0, 0.1) is 15.9 Å². The van der Waals surface area contributed by atoms with E-state index in [1.165, 1.54) is 25.0 Å². The van der Waals surface area contributed by atoms with Crippen LogP contribution in [-0.2, 0) is 0 Å². The molecule has 0 aliphatic carbocycles. The minimum atomic E-state index is -0.584. The monoisotopic (exact) mass is 270 g/mol. The first-order valence-corrected chi connectivity index (χ1v) is 7.01. The van der Waals surface area contributed by atoms with Crippen molar-refractivity contribution in [2.45, 2.75) is 24.5 Å². The third-order valence-electron chi connectivity index (χ3n) is 2.95. The summed E-state index contributed by atoms with van der Waals surface area (Å²) in [5.41, 5.74) is 0.198. The average molecular weight is 270 g/mol. The predicted molar refractivity (Wildman–Crippen MR) is 71.6 cm³/mol. The van der Waals surface area contributed by atoms with Crippen molar-refractivity contribution < 1.29 is 9.31 Å². The number of rotatable bonds is 4. The van der Waals surface area contributed by atoms with Gasteiger partial charge < -0.3 is 5.32 Å². The molecule has 1 aromatic carbocycles. The van der Waals surface area contributed by atoms with Crippen LogP contribution in [0.5, 0.6) is 0 Å². The molecule has 0 bridgehead atoms. The normalized spacial score (nSPS) is 19.5. The molecule has 1 aliphatic heterocycles. The molecule has 0 radical (unpaired) electrons. The molecular formula is C12H15FN2O2S. The number of thioether (sulfide) groups is 1. The molecule has 2 rings (SSSR count). The SMILES string of the molecule is O=[N+]([O-])c1cc(F)ccc1NCC1CCCCS1. The Balaban J connectivity index is 2.01. The van der Waals surface area contributed by atoms with E-state index in [4.69, 9.17) is 0 Å². The molecule has 0 saturated carbocycles. The summed E-state index contributed by atoms with van der Waals surface area (Å²) in [7, 11) is 0. The van der Waals surface area contributed by atoms with Crippen molar-refractivity contribution in [3.8, 4) is 0 Å². The molecule has 18 heavy (non-hydrogen) atoms. The number of nitrogens with zero attached hydrogens (tertiary/aromatic N) is 1. The fourth-order valence-corrected chi connectivity index (χ4v) is 3.24. The Morgan fingerprint density at radius 1 is 1.50 bits per heavy atom. The average Bonchev–Trinajstić information content (AvgIpc) is 2.38. The van der Waals surface area contributed by atoms with Gasteiger partial charge in [-0.1, -0.05) is 6.42 Å². The summed E-state index contributed by atoms with van der Waals surface area (Å²) in [5, 5.41) is 14.4. The summed E-state index contributed by atoms with van der Waals surface area (Å²) in [6.45, 7) is 0.692. The van der Waals surface area contributed by atoms with Crippen LogP contribution >= 0.6 is 11.8 Å². The molecule has 1 heterocycles. The maximum absolute atomic E-state index is 13.0. The van der Waals surface area contributed by atoms with Crippen molar-refractivity contribution in [3.63, 3.8) is 0 Å². The van der Waals surface area contributed by atoms with Crippen molar-refractivity contribution in [1.82, 2.24) is 0 Å². The van der Waals surface area contributed by atoms with Gasteiger partial charge in [0.15, 0.2) is 0 Å². The van der Waals surface area contributed by atoms with E-state index in [9.17, 15) is 14.5 Å². The second-order valence-electron chi connectivity index (χ2n) is 4.29. The standard InChI is InChI=1S/C12H15FN2O2S/c13-9-4-5-11(12(7-9)15(16)17)14-8-10-3-1-2-6-18-10/h4-5,7,10,14H,1-3,6,8H2. The zero-order valence-corrected chi connectivity index (χ0v) is 10.7. The zero-order chi connectivity index (χ0) is 13.0. The van der Waals surface area contributed by atoms with Crippen molar-refractivity contribution in [2.24, 2.45) is 0 Å². The van der Waals surface area contributed by atoms with Crippen LogP contribution in [0.2, 0.25) is 0 Å². The number of halogens is 1. The third-order valence-corrected chi connectivity index (χ3v) is 4.35. The molecule has 0 aromatic heterocycles. The van der Waals surface area contributed by atoms with Crippen molar-refractivity contribution in [3.05, 3.63) is 34.1 Å². The molecule has 0 amide bonds. The van der Waals surface area contributed by atoms with Crippen LogP contribution in [-0.4, -0.2) is 22.5 Å². The highest BCUT2D eigenvalue weighted by Crippen LogP contribution is 2.28. The van der Waals surface area contributed by atoms with Crippen LogP contribution in [0.15, 0.2) is 18.2 Å². The first-order chi connectivity index (χ1) is 8.66. The summed E-state index contributed by atoms with van der Waals surface area (Å²) in [5.74, 6) is 0.567. The first-order valence-electron chi connectivity index (χ1n) is 5.96. The highest BCUT2D eigenvalue weighted by molar-refractivity contribution is 7.99. The van der Waals surface area contributed by atoms with Gasteiger partial charge in [-0.05, 0) is 30.7 Å². The Kier molecular flexibility index (Phi) is 4.41. The van der Waals surface area contributed by atoms with Crippen molar-refractivity contribution >= 4 is 23.1 Å². The van der Waals surface area contributed by atoms with Gasteiger partial charge in [0.25, 0.3) is 5.69 Å². The van der Waals surface area contributed by atoms with Crippen LogP contribution < -0.4 is 5.32 Å². The van der Waals surface area contributed by atoms with Gasteiger partial charge in [-0.3, -0.25) is 10.1 Å². The smallest absolute Gasteiger partial charge is 0.295 e. The van der Waals surface area contributed by atoms with Crippen LogP contribution in [0.25, 0.3) is 0 Å². The van der Waals surface area contributed by atoms with Gasteiger partial charge in [0.1, 0.15) is 11.5 Å². The minimum absolute atomic E-state index is 0.198. The van der Waals surface area contributed by atoms with E-state index in [2.05, 4.69) is 5.32 Å². The molecule has 4 nitrogen and oxygen atoms in total. The second kappa shape index (κ2) is 6.04. The van der Waals surface area contributed by atoms with E-state index in [1.54, 1.807) is 0 Å². The second-order valence-corrected chi connectivity index (χ2v) is 5.70. The van der Waals surface area contributed by atoms with Gasteiger partial charge in [0.2, 0.25) is 0 Å².